The number of nitrogens with one attached hydrogen (secondary N) is 1. The molecule has 0 unspecified atom stereocenters. The van der Waals surface area contributed by atoms with Crippen molar-refractivity contribution in [3.8, 4) is 0 Å². The molecule has 1 N–H and O–H groups in total. The molecule has 0 radical (unpaired) electrons. The largest absolute Gasteiger partial charge is 0.462 e. The Bertz CT molecular complexity index is 1350. The molecule has 1 aliphatic rings. The number of esters is 2. The number of hydrogen-bond donors (Lipinski definition) is 1. The van der Waals surface area contributed by atoms with E-state index >= 15 is 0 Å². The SMILES string of the molecule is CCOC(=O)C(=CN[C@@H]1O[C@H](COS(C)(=O)=O)[C@H](OS(C)(=O)=O)[C@H](OS(C)(=O)=O)[C@H]1OS(C)(=O)=O)C(=O)OCC. The highest BCUT2D eigenvalue weighted by Gasteiger charge is 2.52. The Kier molecular flexibility index (Phi) is 12.9. The lowest BCUT2D eigenvalue weighted by atomic mass is 9.98. The number of carbonyl (C=O) groups excluding carboxylic acids is 2. The Labute approximate surface area is 232 Å². The van der Waals surface area contributed by atoms with Gasteiger partial charge in [0, 0.05) is 6.20 Å². The van der Waals surface area contributed by atoms with Crippen LogP contribution in [-0.4, -0.2) is 121 Å². The molecule has 18 nitrogen and oxygen atoms in total. The van der Waals surface area contributed by atoms with Gasteiger partial charge in [0.15, 0.2) is 17.9 Å². The van der Waals surface area contributed by atoms with E-state index in [1.165, 1.54) is 13.8 Å². The van der Waals surface area contributed by atoms with E-state index < -0.39 is 95.2 Å². The van der Waals surface area contributed by atoms with Crippen molar-refractivity contribution in [1.82, 2.24) is 5.32 Å². The summed E-state index contributed by atoms with van der Waals surface area (Å²) in [7, 11) is -17.7. The van der Waals surface area contributed by atoms with Crippen LogP contribution in [0.2, 0.25) is 0 Å². The van der Waals surface area contributed by atoms with Crippen molar-refractivity contribution in [1.29, 1.82) is 0 Å². The second kappa shape index (κ2) is 14.3. The van der Waals surface area contributed by atoms with Gasteiger partial charge >= 0.3 is 11.9 Å². The third-order valence-corrected chi connectivity index (χ3v) is 6.60. The Morgan fingerprint density at radius 2 is 1.12 bits per heavy atom. The van der Waals surface area contributed by atoms with E-state index in [0.717, 1.165) is 0 Å². The third-order valence-electron chi connectivity index (χ3n) is 4.32. The summed E-state index contributed by atoms with van der Waals surface area (Å²) in [6.07, 6.45) is -6.99. The predicted molar refractivity (Wildman–Crippen MR) is 133 cm³/mol. The Balaban J connectivity index is 3.77. The van der Waals surface area contributed by atoms with Gasteiger partial charge in [-0.3, -0.25) is 16.7 Å². The smallest absolute Gasteiger partial charge is 0.347 e. The molecule has 1 saturated heterocycles. The van der Waals surface area contributed by atoms with Crippen LogP contribution in [0.1, 0.15) is 13.8 Å². The summed E-state index contributed by atoms with van der Waals surface area (Å²) in [4.78, 5) is 24.6. The molecule has 0 aromatic heterocycles. The summed E-state index contributed by atoms with van der Waals surface area (Å²) >= 11 is 0. The maximum absolute atomic E-state index is 12.3. The predicted octanol–water partition coefficient (Wildman–Crippen LogP) is -2.68. The zero-order valence-electron chi connectivity index (χ0n) is 22.2. The van der Waals surface area contributed by atoms with Crippen LogP contribution in [-0.2, 0) is 81.0 Å². The molecule has 40 heavy (non-hydrogen) atoms. The molecule has 5 atom stereocenters. The highest BCUT2D eigenvalue weighted by atomic mass is 32.2. The molecule has 22 heteroatoms. The molecule has 0 aromatic rings. The molecule has 1 rings (SSSR count). The van der Waals surface area contributed by atoms with Gasteiger partial charge in [0.1, 0.15) is 18.3 Å². The first kappa shape index (κ1) is 36.1. The van der Waals surface area contributed by atoms with Crippen molar-refractivity contribution in [3.05, 3.63) is 11.8 Å². The zero-order chi connectivity index (χ0) is 31.1. The average molecular weight is 662 g/mol. The average Bonchev–Trinajstić information content (AvgIpc) is 2.73. The normalized spacial score (nSPS) is 24.1. The second-order valence-corrected chi connectivity index (χ2v) is 14.5. The number of carbonyl (C=O) groups is 2. The van der Waals surface area contributed by atoms with Gasteiger partial charge in [0.05, 0.1) is 44.8 Å². The van der Waals surface area contributed by atoms with E-state index in [0.29, 0.717) is 31.2 Å². The topological polar surface area (TPSA) is 247 Å². The first-order valence-electron chi connectivity index (χ1n) is 11.0. The van der Waals surface area contributed by atoms with Gasteiger partial charge in [-0.15, -0.1) is 0 Å². The molecule has 0 aromatic carbocycles. The van der Waals surface area contributed by atoms with E-state index in [-0.39, 0.29) is 13.2 Å². The fraction of sp³-hybridized carbons (Fsp3) is 0.778. The van der Waals surface area contributed by atoms with Crippen molar-refractivity contribution >= 4 is 52.4 Å². The van der Waals surface area contributed by atoms with Crippen molar-refractivity contribution < 1.29 is 74.2 Å². The molecule has 0 aliphatic carbocycles. The minimum absolute atomic E-state index is 0.158. The first-order valence-corrected chi connectivity index (χ1v) is 18.3. The lowest BCUT2D eigenvalue weighted by Gasteiger charge is -2.44. The maximum Gasteiger partial charge on any atom is 0.347 e. The molecule has 0 saturated carbocycles. The molecular weight excluding hydrogens is 630 g/mol. The molecule has 1 heterocycles. The number of rotatable bonds is 15. The Hall–Kier alpha value is -1.92. The Morgan fingerprint density at radius 1 is 0.700 bits per heavy atom. The number of ether oxygens (including phenoxy) is 3. The zero-order valence-corrected chi connectivity index (χ0v) is 25.4. The van der Waals surface area contributed by atoms with E-state index in [1.54, 1.807) is 0 Å². The van der Waals surface area contributed by atoms with Gasteiger partial charge < -0.3 is 19.5 Å². The summed E-state index contributed by atoms with van der Waals surface area (Å²) < 4.78 is 130. The van der Waals surface area contributed by atoms with Crippen molar-refractivity contribution in [2.75, 3.05) is 44.8 Å². The van der Waals surface area contributed by atoms with Crippen LogP contribution in [0.4, 0.5) is 0 Å². The lowest BCUT2D eigenvalue weighted by molar-refractivity contribution is -0.209. The minimum Gasteiger partial charge on any atom is -0.462 e. The molecule has 1 aliphatic heterocycles. The van der Waals surface area contributed by atoms with Crippen LogP contribution in [0, 0.1) is 0 Å². The maximum atomic E-state index is 12.3. The van der Waals surface area contributed by atoms with Crippen molar-refractivity contribution in [2.45, 2.75) is 44.5 Å². The highest BCUT2D eigenvalue weighted by molar-refractivity contribution is 7.86. The summed E-state index contributed by atoms with van der Waals surface area (Å²) in [6.45, 7) is 1.58. The third kappa shape index (κ3) is 13.2. The first-order chi connectivity index (χ1) is 18.1. The molecular formula is C18H31NO17S4. The highest BCUT2D eigenvalue weighted by Crippen LogP contribution is 2.30. The van der Waals surface area contributed by atoms with Crippen molar-refractivity contribution in [2.24, 2.45) is 0 Å². The van der Waals surface area contributed by atoms with Crippen LogP contribution in [0.5, 0.6) is 0 Å². The summed E-state index contributed by atoms with van der Waals surface area (Å²) in [6, 6.07) is 0. The van der Waals surface area contributed by atoms with E-state index in [1.807, 2.05) is 0 Å². The second-order valence-electron chi connectivity index (χ2n) is 8.04. The molecule has 234 valence electrons. The van der Waals surface area contributed by atoms with Gasteiger partial charge in [-0.05, 0) is 13.8 Å². The molecule has 0 bridgehead atoms. The van der Waals surface area contributed by atoms with Gasteiger partial charge in [-0.1, -0.05) is 0 Å². The molecule has 0 amide bonds. The van der Waals surface area contributed by atoms with Crippen LogP contribution in [0.25, 0.3) is 0 Å². The minimum atomic E-state index is -4.52. The van der Waals surface area contributed by atoms with E-state index in [4.69, 9.17) is 26.8 Å². The molecule has 1 fully saturated rings. The van der Waals surface area contributed by atoms with Gasteiger partial charge in [-0.2, -0.15) is 33.7 Å². The van der Waals surface area contributed by atoms with Crippen LogP contribution >= 0.6 is 0 Å². The standard InChI is InChI=1S/C18H31NO17S4/c1-7-30-17(20)11(18(21)31-8-2)9-19-16-15(36-40(6,28)29)14(35-39(5,26)27)13(34-38(4,24)25)12(33-16)10-32-37(3,22)23/h9,12-16,19H,7-8,10H2,1-6H3/t12-,13+,14+,15-,16-/m1/s1. The Morgan fingerprint density at radius 3 is 1.52 bits per heavy atom. The lowest BCUT2D eigenvalue weighted by Crippen LogP contribution is -2.65. The van der Waals surface area contributed by atoms with Crippen LogP contribution < -0.4 is 5.32 Å². The fourth-order valence-corrected chi connectivity index (χ4v) is 5.35. The fourth-order valence-electron chi connectivity index (χ4n) is 3.09. The van der Waals surface area contributed by atoms with E-state index in [2.05, 4.69) is 9.50 Å². The van der Waals surface area contributed by atoms with Crippen LogP contribution in [0.15, 0.2) is 11.8 Å². The summed E-state index contributed by atoms with van der Waals surface area (Å²) in [5, 5.41) is 2.34. The molecule has 0 spiro atoms. The number of hydrogen-bond acceptors (Lipinski definition) is 18. The van der Waals surface area contributed by atoms with Crippen LogP contribution in [0.3, 0.4) is 0 Å². The van der Waals surface area contributed by atoms with Gasteiger partial charge in [0.2, 0.25) is 0 Å². The van der Waals surface area contributed by atoms with Gasteiger partial charge in [0.25, 0.3) is 40.5 Å². The quantitative estimate of drug-likeness (QED) is 0.0617. The van der Waals surface area contributed by atoms with Crippen molar-refractivity contribution in [3.63, 3.8) is 0 Å². The van der Waals surface area contributed by atoms with E-state index in [9.17, 15) is 43.3 Å². The monoisotopic (exact) mass is 661 g/mol. The summed E-state index contributed by atoms with van der Waals surface area (Å²) in [5.41, 5.74) is -0.746. The van der Waals surface area contributed by atoms with Gasteiger partial charge in [-0.25, -0.2) is 9.59 Å². The summed E-state index contributed by atoms with van der Waals surface area (Å²) in [5.74, 6) is -2.35.